The molecule has 0 aromatic heterocycles. The molecular weight excluding hydrogens is 454 g/mol. The second-order valence-corrected chi connectivity index (χ2v) is 9.72. The molecule has 7 nitrogen and oxygen atoms in total. The average Bonchev–Trinajstić information content (AvgIpc) is 3.44. The van der Waals surface area contributed by atoms with Crippen molar-refractivity contribution >= 4 is 17.6 Å². The van der Waals surface area contributed by atoms with Gasteiger partial charge >= 0.3 is 6.18 Å². The lowest BCUT2D eigenvalue weighted by Gasteiger charge is -2.32. The molecule has 11 heteroatoms. The Labute approximate surface area is 194 Å². The maximum absolute atomic E-state index is 14.6. The van der Waals surface area contributed by atoms with Crippen LogP contribution in [0, 0.1) is 5.82 Å². The van der Waals surface area contributed by atoms with Crippen molar-refractivity contribution in [3.8, 4) is 0 Å². The summed E-state index contributed by atoms with van der Waals surface area (Å²) < 4.78 is 59.7. The van der Waals surface area contributed by atoms with E-state index in [1.807, 2.05) is 13.8 Å². The summed E-state index contributed by atoms with van der Waals surface area (Å²) in [6.07, 6.45) is -2.15. The number of morpholine rings is 1. The summed E-state index contributed by atoms with van der Waals surface area (Å²) in [6.45, 7) is 7.04. The van der Waals surface area contributed by atoms with Crippen LogP contribution >= 0.6 is 0 Å². The number of fused-ring (bicyclic) bond motifs is 3. The highest BCUT2D eigenvalue weighted by Crippen LogP contribution is 2.35. The van der Waals surface area contributed by atoms with E-state index in [0.717, 1.165) is 12.5 Å². The molecule has 5 rings (SSSR count). The number of hydrazone groups is 1. The molecule has 2 saturated heterocycles. The zero-order chi connectivity index (χ0) is 24.4. The smallest absolute Gasteiger partial charge is 0.374 e. The molecule has 1 aromatic rings. The number of likely N-dealkylation sites (tertiary alicyclic amines) is 1. The van der Waals surface area contributed by atoms with E-state index in [1.54, 1.807) is 11.1 Å². The van der Waals surface area contributed by atoms with Crippen LogP contribution in [-0.2, 0) is 15.7 Å². The molecule has 3 atom stereocenters. The number of carbonyl (C=O) groups excluding carboxylic acids is 1. The number of rotatable bonds is 3. The van der Waals surface area contributed by atoms with Crippen molar-refractivity contribution < 1.29 is 27.1 Å². The number of amidine groups is 2. The average molecular weight is 479 g/mol. The molecule has 182 valence electrons. The highest BCUT2D eigenvalue weighted by atomic mass is 19.4. The summed E-state index contributed by atoms with van der Waals surface area (Å²) in [7, 11) is 0. The molecule has 0 unspecified atom stereocenters. The Balaban J connectivity index is 1.43. The van der Waals surface area contributed by atoms with Crippen LogP contribution < -0.4 is 5.32 Å². The van der Waals surface area contributed by atoms with Gasteiger partial charge in [0.25, 0.3) is 5.91 Å². The third-order valence-electron chi connectivity index (χ3n) is 6.51. The van der Waals surface area contributed by atoms with Crippen LogP contribution in [0.2, 0.25) is 0 Å². The lowest BCUT2D eigenvalue weighted by atomic mass is 10.0. The summed E-state index contributed by atoms with van der Waals surface area (Å²) in [5.41, 5.74) is -1.83. The number of hydrogen-bond donors (Lipinski definition) is 1. The molecular formula is C23H25F4N5O2. The number of halogens is 4. The number of aliphatic imine (C=N–C) groups is 1. The van der Waals surface area contributed by atoms with Gasteiger partial charge in [0.05, 0.1) is 48.0 Å². The number of nitrogens with zero attached hydrogens (tertiary/aromatic N) is 4. The van der Waals surface area contributed by atoms with E-state index in [-0.39, 0.29) is 23.3 Å². The van der Waals surface area contributed by atoms with Crippen molar-refractivity contribution in [2.45, 2.75) is 57.1 Å². The first-order valence-corrected chi connectivity index (χ1v) is 11.2. The third-order valence-corrected chi connectivity index (χ3v) is 6.51. The van der Waals surface area contributed by atoms with Gasteiger partial charge in [-0.05, 0) is 39.3 Å². The molecule has 0 saturated carbocycles. The lowest BCUT2D eigenvalue weighted by Crippen LogP contribution is -2.46. The lowest BCUT2D eigenvalue weighted by molar-refractivity contribution is -0.140. The molecule has 1 aromatic carbocycles. The summed E-state index contributed by atoms with van der Waals surface area (Å²) in [6, 6.07) is 2.22. The number of ether oxygens (including phenoxy) is 1. The first kappa shape index (κ1) is 22.8. The number of alkyl halides is 3. The van der Waals surface area contributed by atoms with Gasteiger partial charge in [0, 0.05) is 12.1 Å². The zero-order valence-corrected chi connectivity index (χ0v) is 19.0. The fourth-order valence-corrected chi connectivity index (χ4v) is 4.89. The summed E-state index contributed by atoms with van der Waals surface area (Å²) in [5.74, 6) is -0.936. The van der Waals surface area contributed by atoms with Crippen LogP contribution in [0.1, 0.15) is 44.4 Å². The number of amides is 1. The Morgan fingerprint density at radius 3 is 2.74 bits per heavy atom. The minimum atomic E-state index is -4.83. The van der Waals surface area contributed by atoms with Gasteiger partial charge in [-0.25, -0.2) is 9.40 Å². The van der Waals surface area contributed by atoms with Crippen molar-refractivity contribution in [2.75, 3.05) is 19.7 Å². The molecule has 1 amide bonds. The SMILES string of the molecule is C[C@@H](NC(=O)C1=CC(N2C[C@H]3C[C@@H]2CO3)=NN2CC(C)(C)N=C12)c1cccc(C(F)(F)F)c1F. The van der Waals surface area contributed by atoms with Crippen LogP contribution in [0.3, 0.4) is 0 Å². The van der Waals surface area contributed by atoms with E-state index in [2.05, 4.69) is 15.2 Å². The Morgan fingerprint density at radius 1 is 1.32 bits per heavy atom. The Bertz CT molecular complexity index is 1130. The first-order chi connectivity index (χ1) is 15.9. The molecule has 0 radical (unpaired) electrons. The first-order valence-electron chi connectivity index (χ1n) is 11.2. The molecule has 0 spiro atoms. The summed E-state index contributed by atoms with van der Waals surface area (Å²) >= 11 is 0. The second-order valence-electron chi connectivity index (χ2n) is 9.72. The number of benzene rings is 1. The van der Waals surface area contributed by atoms with E-state index in [0.29, 0.717) is 37.4 Å². The van der Waals surface area contributed by atoms with E-state index in [9.17, 15) is 22.4 Å². The van der Waals surface area contributed by atoms with E-state index in [4.69, 9.17) is 9.84 Å². The molecule has 1 N–H and O–H groups in total. The largest absolute Gasteiger partial charge is 0.419 e. The third kappa shape index (κ3) is 3.95. The maximum atomic E-state index is 14.6. The number of hydrogen-bond acceptors (Lipinski definition) is 6. The van der Waals surface area contributed by atoms with Gasteiger partial charge < -0.3 is 15.0 Å². The highest BCUT2D eigenvalue weighted by Gasteiger charge is 2.44. The summed E-state index contributed by atoms with van der Waals surface area (Å²) in [4.78, 5) is 20.1. The maximum Gasteiger partial charge on any atom is 0.419 e. The van der Waals surface area contributed by atoms with Gasteiger partial charge in [0.15, 0.2) is 5.84 Å². The van der Waals surface area contributed by atoms with Crippen molar-refractivity contribution in [2.24, 2.45) is 10.1 Å². The minimum Gasteiger partial charge on any atom is -0.374 e. The van der Waals surface area contributed by atoms with Crippen LogP contribution in [-0.4, -0.2) is 64.9 Å². The van der Waals surface area contributed by atoms with Crippen LogP contribution in [0.15, 0.2) is 39.9 Å². The van der Waals surface area contributed by atoms with Crippen LogP contribution in [0.25, 0.3) is 0 Å². The fraction of sp³-hybridized carbons (Fsp3) is 0.522. The molecule has 2 fully saturated rings. The van der Waals surface area contributed by atoms with Crippen molar-refractivity contribution in [3.05, 3.63) is 46.8 Å². The second kappa shape index (κ2) is 7.79. The van der Waals surface area contributed by atoms with Gasteiger partial charge in [-0.3, -0.25) is 9.79 Å². The van der Waals surface area contributed by atoms with Crippen LogP contribution in [0.5, 0.6) is 0 Å². The fourth-order valence-electron chi connectivity index (χ4n) is 4.89. The van der Waals surface area contributed by atoms with Crippen molar-refractivity contribution in [1.82, 2.24) is 15.2 Å². The quantitative estimate of drug-likeness (QED) is 0.676. The standard InChI is InChI=1S/C23H25F4N5O2/c1-12(15-5-4-6-17(19(15)24)23(25,26)27)28-21(33)16-8-18(31-9-14-7-13(31)10-34-14)30-32-11-22(2,3)29-20(16)32/h4-6,8,12-14H,7,9-11H2,1-3H3,(H,28,33)/t12-,13-,14-/m1/s1. The Hall–Kier alpha value is -2.95. The summed E-state index contributed by atoms with van der Waals surface area (Å²) in [5, 5.41) is 9.05. The predicted molar refractivity (Wildman–Crippen MR) is 117 cm³/mol. The molecule has 4 aliphatic rings. The topological polar surface area (TPSA) is 69.5 Å². The number of nitrogens with one attached hydrogen (secondary N) is 1. The van der Waals surface area contributed by atoms with Gasteiger partial charge in [-0.15, -0.1) is 0 Å². The monoisotopic (exact) mass is 479 g/mol. The Kier molecular flexibility index (Phi) is 5.23. The Morgan fingerprint density at radius 2 is 2.09 bits per heavy atom. The van der Waals surface area contributed by atoms with Gasteiger partial charge in [-0.1, -0.05) is 12.1 Å². The number of carbonyl (C=O) groups is 1. The normalized spacial score (nSPS) is 26.1. The van der Waals surface area contributed by atoms with E-state index in [1.165, 1.54) is 13.0 Å². The zero-order valence-electron chi connectivity index (χ0n) is 19.0. The van der Waals surface area contributed by atoms with Gasteiger partial charge in [0.2, 0.25) is 0 Å². The van der Waals surface area contributed by atoms with E-state index >= 15 is 0 Å². The van der Waals surface area contributed by atoms with Gasteiger partial charge in [-0.2, -0.15) is 18.3 Å². The minimum absolute atomic E-state index is 0.132. The molecule has 0 aliphatic carbocycles. The van der Waals surface area contributed by atoms with Crippen molar-refractivity contribution in [1.29, 1.82) is 0 Å². The molecule has 4 aliphatic heterocycles. The molecule has 34 heavy (non-hydrogen) atoms. The van der Waals surface area contributed by atoms with Crippen molar-refractivity contribution in [3.63, 3.8) is 0 Å². The van der Waals surface area contributed by atoms with E-state index < -0.39 is 35.0 Å². The van der Waals surface area contributed by atoms with Gasteiger partial charge in [0.1, 0.15) is 11.7 Å². The van der Waals surface area contributed by atoms with Crippen LogP contribution in [0.4, 0.5) is 17.6 Å². The molecule has 4 heterocycles. The molecule has 2 bridgehead atoms. The highest BCUT2D eigenvalue weighted by molar-refractivity contribution is 6.25. The predicted octanol–water partition coefficient (Wildman–Crippen LogP) is 3.24.